The van der Waals surface area contributed by atoms with Gasteiger partial charge in [-0.25, -0.2) is 0 Å². The lowest BCUT2D eigenvalue weighted by Crippen LogP contribution is -1.99. The molecule has 0 unspecified atom stereocenters. The lowest BCUT2D eigenvalue weighted by Gasteiger charge is -2.03. The highest BCUT2D eigenvalue weighted by Crippen LogP contribution is 2.26. The van der Waals surface area contributed by atoms with E-state index in [0.29, 0.717) is 12.2 Å². The van der Waals surface area contributed by atoms with Crippen molar-refractivity contribution in [2.45, 2.75) is 34.2 Å². The number of hydrogen-bond acceptors (Lipinski definition) is 2. The molecule has 1 heterocycles. The van der Waals surface area contributed by atoms with Crippen LogP contribution < -0.4 is 0 Å². The Morgan fingerprint density at radius 2 is 1.94 bits per heavy atom. The average Bonchev–Trinajstić information content (AvgIpc) is 2.69. The molecule has 1 aromatic carbocycles. The van der Waals surface area contributed by atoms with E-state index in [1.165, 1.54) is 11.1 Å². The van der Waals surface area contributed by atoms with Crippen LogP contribution in [0.3, 0.4) is 0 Å². The summed E-state index contributed by atoms with van der Waals surface area (Å²) in [5.74, 6) is 0. The first kappa shape index (κ1) is 12.4. The first-order valence-corrected chi connectivity index (χ1v) is 6.13. The molecular weight excluding hydrogens is 222 g/mol. The van der Waals surface area contributed by atoms with Gasteiger partial charge in [0.05, 0.1) is 5.69 Å². The second-order valence-electron chi connectivity index (χ2n) is 4.55. The fourth-order valence-corrected chi connectivity index (χ4v) is 2.08. The van der Waals surface area contributed by atoms with Gasteiger partial charge in [0, 0.05) is 17.7 Å². The Labute approximate surface area is 108 Å². The summed E-state index contributed by atoms with van der Waals surface area (Å²) in [5, 5.41) is 13.7. The number of rotatable bonds is 2. The van der Waals surface area contributed by atoms with Crippen molar-refractivity contribution in [2.75, 3.05) is 0 Å². The van der Waals surface area contributed by atoms with Crippen LogP contribution in [0.2, 0.25) is 0 Å². The maximum atomic E-state index is 9.18. The van der Waals surface area contributed by atoms with Gasteiger partial charge < -0.3 is 0 Å². The molecule has 0 atom stereocenters. The van der Waals surface area contributed by atoms with Crippen molar-refractivity contribution in [3.05, 3.63) is 40.6 Å². The lowest BCUT2D eigenvalue weighted by atomic mass is 10.0. The molecule has 1 aromatic heterocycles. The van der Waals surface area contributed by atoms with Crippen LogP contribution in [0.5, 0.6) is 0 Å². The molecule has 0 N–H and O–H groups in total. The first-order valence-electron chi connectivity index (χ1n) is 6.13. The van der Waals surface area contributed by atoms with Crippen molar-refractivity contribution in [3.63, 3.8) is 0 Å². The Morgan fingerprint density at radius 3 is 2.44 bits per heavy atom. The van der Waals surface area contributed by atoms with Crippen molar-refractivity contribution in [1.29, 1.82) is 5.26 Å². The summed E-state index contributed by atoms with van der Waals surface area (Å²) in [5.41, 5.74) is 6.13. The quantitative estimate of drug-likeness (QED) is 0.806. The molecule has 0 bridgehead atoms. The Balaban J connectivity index is 2.61. The molecule has 92 valence electrons. The zero-order valence-electron chi connectivity index (χ0n) is 11.3. The zero-order chi connectivity index (χ0) is 13.3. The summed E-state index contributed by atoms with van der Waals surface area (Å²) in [6, 6.07) is 8.53. The monoisotopic (exact) mass is 239 g/mol. The van der Waals surface area contributed by atoms with Crippen LogP contribution >= 0.6 is 0 Å². The summed E-state index contributed by atoms with van der Waals surface area (Å²) < 4.78 is 1.76. The molecular formula is C15H17N3. The number of hydrogen-bond donors (Lipinski definition) is 0. The molecule has 0 aliphatic heterocycles. The summed E-state index contributed by atoms with van der Waals surface area (Å²) >= 11 is 0. The predicted octanol–water partition coefficient (Wildman–Crippen LogP) is 3.37. The number of benzene rings is 1. The second-order valence-corrected chi connectivity index (χ2v) is 4.55. The third-order valence-corrected chi connectivity index (χ3v) is 3.38. The SMILES string of the molecule is CCn1nc(-c2ccc(C)c(C)c2)c(C)c1C#N. The van der Waals surface area contributed by atoms with E-state index in [4.69, 9.17) is 0 Å². The molecule has 0 aliphatic rings. The molecule has 2 rings (SSSR count). The van der Waals surface area contributed by atoms with Crippen LogP contribution in [-0.2, 0) is 6.54 Å². The highest BCUT2D eigenvalue weighted by Gasteiger charge is 2.14. The van der Waals surface area contributed by atoms with E-state index < -0.39 is 0 Å². The lowest BCUT2D eigenvalue weighted by molar-refractivity contribution is 0.653. The van der Waals surface area contributed by atoms with E-state index in [2.05, 4.69) is 43.2 Å². The fourth-order valence-electron chi connectivity index (χ4n) is 2.08. The zero-order valence-corrected chi connectivity index (χ0v) is 11.3. The number of aryl methyl sites for hydroxylation is 3. The standard InChI is InChI=1S/C15H17N3/c1-5-18-14(9-16)12(4)15(17-18)13-7-6-10(2)11(3)8-13/h6-8H,5H2,1-4H3. The fraction of sp³-hybridized carbons (Fsp3) is 0.333. The van der Waals surface area contributed by atoms with Crippen LogP contribution in [0.4, 0.5) is 0 Å². The van der Waals surface area contributed by atoms with Crippen LogP contribution in [0, 0.1) is 32.1 Å². The molecule has 2 aromatic rings. The Bertz CT molecular complexity index is 630. The van der Waals surface area contributed by atoms with E-state index >= 15 is 0 Å². The van der Waals surface area contributed by atoms with E-state index in [-0.39, 0.29) is 0 Å². The van der Waals surface area contributed by atoms with Crippen LogP contribution in [0.15, 0.2) is 18.2 Å². The molecule has 3 nitrogen and oxygen atoms in total. The molecule has 3 heteroatoms. The average molecular weight is 239 g/mol. The van der Waals surface area contributed by atoms with Gasteiger partial charge in [0.25, 0.3) is 0 Å². The van der Waals surface area contributed by atoms with Gasteiger partial charge in [-0.2, -0.15) is 10.4 Å². The van der Waals surface area contributed by atoms with Gasteiger partial charge in [-0.3, -0.25) is 4.68 Å². The first-order chi connectivity index (χ1) is 8.58. The number of nitrogens with zero attached hydrogens (tertiary/aromatic N) is 3. The topological polar surface area (TPSA) is 41.6 Å². The Hall–Kier alpha value is -2.08. The van der Waals surface area contributed by atoms with Gasteiger partial charge in [0.15, 0.2) is 0 Å². The van der Waals surface area contributed by atoms with Gasteiger partial charge in [0.1, 0.15) is 11.8 Å². The van der Waals surface area contributed by atoms with Crippen molar-refractivity contribution in [1.82, 2.24) is 9.78 Å². The minimum atomic E-state index is 0.658. The highest BCUT2D eigenvalue weighted by molar-refractivity contribution is 5.66. The van der Waals surface area contributed by atoms with Crippen molar-refractivity contribution >= 4 is 0 Å². The molecule has 0 radical (unpaired) electrons. The molecule has 0 fully saturated rings. The van der Waals surface area contributed by atoms with Crippen molar-refractivity contribution < 1.29 is 0 Å². The molecule has 0 aliphatic carbocycles. The smallest absolute Gasteiger partial charge is 0.142 e. The molecule has 0 saturated carbocycles. The number of nitriles is 1. The molecule has 0 saturated heterocycles. The summed E-state index contributed by atoms with van der Waals surface area (Å²) in [4.78, 5) is 0. The molecule has 0 spiro atoms. The third-order valence-electron chi connectivity index (χ3n) is 3.38. The van der Waals surface area contributed by atoms with Crippen LogP contribution in [0.1, 0.15) is 29.3 Å². The van der Waals surface area contributed by atoms with Crippen molar-refractivity contribution in [2.24, 2.45) is 0 Å². The van der Waals surface area contributed by atoms with Crippen molar-refractivity contribution in [3.8, 4) is 17.3 Å². The summed E-state index contributed by atoms with van der Waals surface area (Å²) in [6.45, 7) is 8.86. The van der Waals surface area contributed by atoms with Gasteiger partial charge in [-0.1, -0.05) is 12.1 Å². The maximum absolute atomic E-state index is 9.18. The normalized spacial score (nSPS) is 10.4. The van der Waals surface area contributed by atoms with Gasteiger partial charge in [0.2, 0.25) is 0 Å². The summed E-state index contributed by atoms with van der Waals surface area (Å²) in [6.07, 6.45) is 0. The maximum Gasteiger partial charge on any atom is 0.142 e. The minimum Gasteiger partial charge on any atom is -0.254 e. The Kier molecular flexibility index (Phi) is 3.20. The van der Waals surface area contributed by atoms with Gasteiger partial charge in [-0.15, -0.1) is 0 Å². The minimum absolute atomic E-state index is 0.658. The van der Waals surface area contributed by atoms with E-state index in [1.807, 2.05) is 13.8 Å². The molecule has 0 amide bonds. The Morgan fingerprint density at radius 1 is 1.22 bits per heavy atom. The molecule has 18 heavy (non-hydrogen) atoms. The predicted molar refractivity (Wildman–Crippen MR) is 72.3 cm³/mol. The summed E-state index contributed by atoms with van der Waals surface area (Å²) in [7, 11) is 0. The van der Waals surface area contributed by atoms with E-state index in [1.54, 1.807) is 4.68 Å². The van der Waals surface area contributed by atoms with E-state index in [0.717, 1.165) is 16.8 Å². The highest BCUT2D eigenvalue weighted by atomic mass is 15.3. The largest absolute Gasteiger partial charge is 0.254 e. The van der Waals surface area contributed by atoms with Crippen LogP contribution in [-0.4, -0.2) is 9.78 Å². The second kappa shape index (κ2) is 4.66. The third kappa shape index (κ3) is 1.91. The van der Waals surface area contributed by atoms with Gasteiger partial charge in [-0.05, 0) is 44.9 Å². The van der Waals surface area contributed by atoms with E-state index in [9.17, 15) is 5.26 Å². The van der Waals surface area contributed by atoms with Gasteiger partial charge >= 0.3 is 0 Å². The van der Waals surface area contributed by atoms with Crippen LogP contribution in [0.25, 0.3) is 11.3 Å². The number of aromatic nitrogens is 2.